The van der Waals surface area contributed by atoms with Crippen LogP contribution in [0.4, 0.5) is 0 Å². The monoisotopic (exact) mass is 398 g/mol. The van der Waals surface area contributed by atoms with Crippen molar-refractivity contribution < 1.29 is 9.32 Å². The summed E-state index contributed by atoms with van der Waals surface area (Å²) in [5, 5.41) is 9.01. The maximum Gasteiger partial charge on any atom is 0.267 e. The molecule has 28 heavy (non-hydrogen) atoms. The van der Waals surface area contributed by atoms with Crippen molar-refractivity contribution in [1.29, 1.82) is 0 Å². The van der Waals surface area contributed by atoms with Gasteiger partial charge in [0.2, 0.25) is 5.91 Å². The summed E-state index contributed by atoms with van der Waals surface area (Å²) in [6.45, 7) is 4.54. The summed E-state index contributed by atoms with van der Waals surface area (Å²) in [5.41, 5.74) is 2.95. The molecule has 1 saturated heterocycles. The predicted molar refractivity (Wildman–Crippen MR) is 104 cm³/mol. The highest BCUT2D eigenvalue weighted by Crippen LogP contribution is 2.24. The number of rotatable bonds is 4. The van der Waals surface area contributed by atoms with Gasteiger partial charge in [0.25, 0.3) is 5.56 Å². The van der Waals surface area contributed by atoms with E-state index in [1.807, 2.05) is 19.1 Å². The Bertz CT molecular complexity index is 1060. The maximum atomic E-state index is 12.5. The summed E-state index contributed by atoms with van der Waals surface area (Å²) in [4.78, 5) is 26.5. The largest absolute Gasteiger partial charge is 0.361 e. The smallest absolute Gasteiger partial charge is 0.267 e. The first kappa shape index (κ1) is 18.4. The first-order valence-electron chi connectivity index (χ1n) is 8.97. The number of likely N-dealkylation sites (tertiary alicyclic amines) is 1. The van der Waals surface area contributed by atoms with E-state index in [0.29, 0.717) is 29.6 Å². The van der Waals surface area contributed by atoms with Gasteiger partial charge >= 0.3 is 0 Å². The highest BCUT2D eigenvalue weighted by Gasteiger charge is 2.33. The van der Waals surface area contributed by atoms with E-state index >= 15 is 0 Å². The van der Waals surface area contributed by atoms with Crippen LogP contribution >= 0.6 is 11.6 Å². The first-order valence-corrected chi connectivity index (χ1v) is 9.35. The molecule has 1 amide bonds. The lowest BCUT2D eigenvalue weighted by atomic mass is 10.1. The summed E-state index contributed by atoms with van der Waals surface area (Å²) < 4.78 is 6.57. The number of halogens is 1. The average Bonchev–Trinajstić information content (AvgIpc) is 2.95. The molecule has 0 bridgehead atoms. The van der Waals surface area contributed by atoms with E-state index in [9.17, 15) is 9.59 Å². The van der Waals surface area contributed by atoms with Gasteiger partial charge in [0.05, 0.1) is 23.9 Å². The fourth-order valence-corrected chi connectivity index (χ4v) is 3.42. The molecule has 8 heteroatoms. The third-order valence-corrected chi connectivity index (χ3v) is 5.29. The molecule has 1 aromatic carbocycles. The molecule has 1 aliphatic heterocycles. The highest BCUT2D eigenvalue weighted by molar-refractivity contribution is 6.30. The molecule has 2 aromatic heterocycles. The Morgan fingerprint density at radius 1 is 1.18 bits per heavy atom. The SMILES string of the molecule is Cc1noc(C)c1CC(=O)N1CC(n2nc(-c3ccc(Cl)cc3)ccc2=O)C1. The van der Waals surface area contributed by atoms with Crippen LogP contribution in [0.15, 0.2) is 45.7 Å². The topological polar surface area (TPSA) is 81.2 Å². The van der Waals surface area contributed by atoms with Crippen molar-refractivity contribution in [1.82, 2.24) is 19.8 Å². The molecule has 0 radical (unpaired) electrons. The first-order chi connectivity index (χ1) is 13.4. The van der Waals surface area contributed by atoms with Crippen LogP contribution in [0.5, 0.6) is 0 Å². The predicted octanol–water partition coefficient (Wildman–Crippen LogP) is 2.79. The zero-order chi connectivity index (χ0) is 19.8. The van der Waals surface area contributed by atoms with Crippen LogP contribution in [-0.4, -0.2) is 38.8 Å². The maximum absolute atomic E-state index is 12.5. The van der Waals surface area contributed by atoms with E-state index in [2.05, 4.69) is 10.3 Å². The number of hydrogen-bond donors (Lipinski definition) is 0. The van der Waals surface area contributed by atoms with Crippen molar-refractivity contribution in [3.8, 4) is 11.3 Å². The number of carbonyl (C=O) groups excluding carboxylic acids is 1. The molecule has 3 heterocycles. The van der Waals surface area contributed by atoms with Crippen LogP contribution < -0.4 is 5.56 Å². The molecular formula is C20H19ClN4O3. The molecule has 1 fully saturated rings. The van der Waals surface area contributed by atoms with E-state index in [0.717, 1.165) is 16.8 Å². The molecule has 0 saturated carbocycles. The normalized spacial score (nSPS) is 14.2. The number of aryl methyl sites for hydroxylation is 2. The Hall–Kier alpha value is -2.93. The minimum Gasteiger partial charge on any atom is -0.361 e. The molecule has 7 nitrogen and oxygen atoms in total. The van der Waals surface area contributed by atoms with Crippen molar-refractivity contribution in [3.05, 3.63) is 68.8 Å². The molecule has 0 atom stereocenters. The lowest BCUT2D eigenvalue weighted by Gasteiger charge is -2.39. The van der Waals surface area contributed by atoms with Gasteiger partial charge in [0.15, 0.2) is 0 Å². The molecule has 0 N–H and O–H groups in total. The van der Waals surface area contributed by atoms with Crippen LogP contribution in [-0.2, 0) is 11.2 Å². The lowest BCUT2D eigenvalue weighted by molar-refractivity contribution is -0.136. The van der Waals surface area contributed by atoms with Gasteiger partial charge in [-0.05, 0) is 32.0 Å². The average molecular weight is 399 g/mol. The number of benzene rings is 1. The van der Waals surface area contributed by atoms with Crippen molar-refractivity contribution in [3.63, 3.8) is 0 Å². The van der Waals surface area contributed by atoms with E-state index in [4.69, 9.17) is 16.1 Å². The fraction of sp³-hybridized carbons (Fsp3) is 0.300. The number of amides is 1. The van der Waals surface area contributed by atoms with Gasteiger partial charge in [-0.15, -0.1) is 0 Å². The van der Waals surface area contributed by atoms with Crippen molar-refractivity contribution in [2.45, 2.75) is 26.3 Å². The quantitative estimate of drug-likeness (QED) is 0.675. The molecule has 1 aliphatic rings. The van der Waals surface area contributed by atoms with Crippen LogP contribution in [0.1, 0.15) is 23.1 Å². The van der Waals surface area contributed by atoms with Gasteiger partial charge in [-0.3, -0.25) is 9.59 Å². The third kappa shape index (κ3) is 3.45. The van der Waals surface area contributed by atoms with Crippen molar-refractivity contribution in [2.24, 2.45) is 0 Å². The highest BCUT2D eigenvalue weighted by atomic mass is 35.5. The number of aromatic nitrogens is 3. The molecular weight excluding hydrogens is 380 g/mol. The molecule has 4 rings (SSSR count). The summed E-state index contributed by atoms with van der Waals surface area (Å²) >= 11 is 5.93. The minimum absolute atomic E-state index is 0.00689. The third-order valence-electron chi connectivity index (χ3n) is 5.04. The van der Waals surface area contributed by atoms with Gasteiger partial charge in [-0.1, -0.05) is 28.9 Å². The summed E-state index contributed by atoms with van der Waals surface area (Å²) in [6, 6.07) is 10.4. The van der Waals surface area contributed by atoms with Gasteiger partial charge < -0.3 is 9.42 Å². The lowest BCUT2D eigenvalue weighted by Crippen LogP contribution is -2.53. The Labute approximate surface area is 166 Å². The second-order valence-corrected chi connectivity index (χ2v) is 7.38. The van der Waals surface area contributed by atoms with E-state index in [1.54, 1.807) is 30.0 Å². The Morgan fingerprint density at radius 2 is 1.89 bits per heavy atom. The van der Waals surface area contributed by atoms with Crippen LogP contribution in [0.2, 0.25) is 5.02 Å². The Balaban J connectivity index is 1.47. The second-order valence-electron chi connectivity index (χ2n) is 6.94. The summed E-state index contributed by atoms with van der Waals surface area (Å²) in [7, 11) is 0. The van der Waals surface area contributed by atoms with E-state index in [-0.39, 0.29) is 23.9 Å². The number of hydrogen-bond acceptors (Lipinski definition) is 5. The number of carbonyl (C=O) groups is 1. The van der Waals surface area contributed by atoms with Gasteiger partial charge in [-0.2, -0.15) is 5.10 Å². The minimum atomic E-state index is -0.180. The van der Waals surface area contributed by atoms with Gasteiger partial charge in [0, 0.05) is 35.3 Å². The Morgan fingerprint density at radius 3 is 2.54 bits per heavy atom. The van der Waals surface area contributed by atoms with E-state index in [1.165, 1.54) is 10.7 Å². The van der Waals surface area contributed by atoms with Crippen molar-refractivity contribution in [2.75, 3.05) is 13.1 Å². The zero-order valence-electron chi connectivity index (χ0n) is 15.6. The van der Waals surface area contributed by atoms with Gasteiger partial charge in [-0.25, -0.2) is 4.68 Å². The van der Waals surface area contributed by atoms with Crippen LogP contribution in [0.3, 0.4) is 0 Å². The molecule has 144 valence electrons. The molecule has 3 aromatic rings. The van der Waals surface area contributed by atoms with E-state index < -0.39 is 0 Å². The molecule has 0 aliphatic carbocycles. The molecule has 0 spiro atoms. The number of nitrogens with zero attached hydrogens (tertiary/aromatic N) is 4. The van der Waals surface area contributed by atoms with Crippen LogP contribution in [0.25, 0.3) is 11.3 Å². The zero-order valence-corrected chi connectivity index (χ0v) is 16.3. The van der Waals surface area contributed by atoms with Gasteiger partial charge in [0.1, 0.15) is 5.76 Å². The summed E-state index contributed by atoms with van der Waals surface area (Å²) in [6.07, 6.45) is 0.251. The van der Waals surface area contributed by atoms with Crippen LogP contribution in [0, 0.1) is 13.8 Å². The Kier molecular flexibility index (Phi) is 4.77. The van der Waals surface area contributed by atoms with Crippen molar-refractivity contribution >= 4 is 17.5 Å². The second kappa shape index (κ2) is 7.24. The molecule has 0 unspecified atom stereocenters. The summed E-state index contributed by atoms with van der Waals surface area (Å²) in [5.74, 6) is 0.657. The fourth-order valence-electron chi connectivity index (χ4n) is 3.29. The standard InChI is InChI=1S/C20H19ClN4O3/c1-12-17(13(2)28-23-12)9-20(27)24-10-16(11-24)25-19(26)8-7-18(22-25)14-3-5-15(21)6-4-14/h3-8,16H,9-11H2,1-2H3.